The Balaban J connectivity index is 2.04. The molecule has 3 nitrogen and oxygen atoms in total. The minimum atomic E-state index is -0.123. The molecule has 0 aromatic heterocycles. The van der Waals surface area contributed by atoms with Crippen LogP contribution in [0.5, 0.6) is 0 Å². The summed E-state index contributed by atoms with van der Waals surface area (Å²) in [6.07, 6.45) is 6.11. The van der Waals surface area contributed by atoms with E-state index in [1.807, 2.05) is 0 Å². The van der Waals surface area contributed by atoms with E-state index in [4.69, 9.17) is 9.84 Å². The number of nitrogens with zero attached hydrogens (tertiary/aromatic N) is 1. The van der Waals surface area contributed by atoms with E-state index in [1.165, 1.54) is 0 Å². The van der Waals surface area contributed by atoms with Gasteiger partial charge in [-0.3, -0.25) is 4.90 Å². The molecule has 1 saturated heterocycles. The average Bonchev–Trinajstić information content (AvgIpc) is 2.64. The second-order valence-electron chi connectivity index (χ2n) is 3.95. The largest absolute Gasteiger partial charge is 0.396 e. The highest BCUT2D eigenvalue weighted by Crippen LogP contribution is 2.46. The molecule has 0 spiro atoms. The number of aliphatic hydroxyl groups excluding tert-OH is 1. The molecule has 1 unspecified atom stereocenters. The lowest BCUT2D eigenvalue weighted by molar-refractivity contribution is 0.0125. The van der Waals surface area contributed by atoms with E-state index in [0.717, 1.165) is 12.8 Å². The first-order valence-electron chi connectivity index (χ1n) is 4.82. The fourth-order valence-corrected chi connectivity index (χ4v) is 2.48. The standard InChI is InChI=1S/C10H17NO2/c1-11-8-4-6-10(13-2,9(8)11)5-3-7-12/h4,6,8-9,12H,3,5,7H2,1-2H3/t8-,9-,10-,11?/m1/s1. The van der Waals surface area contributed by atoms with Gasteiger partial charge < -0.3 is 9.84 Å². The maximum Gasteiger partial charge on any atom is 0.103 e. The van der Waals surface area contributed by atoms with Crippen LogP contribution in [0.2, 0.25) is 0 Å². The van der Waals surface area contributed by atoms with Crippen molar-refractivity contribution < 1.29 is 9.84 Å². The van der Waals surface area contributed by atoms with E-state index in [9.17, 15) is 0 Å². The van der Waals surface area contributed by atoms with Crippen molar-refractivity contribution in [2.24, 2.45) is 0 Å². The van der Waals surface area contributed by atoms with Crippen molar-refractivity contribution in [1.29, 1.82) is 0 Å². The molecule has 74 valence electrons. The third-order valence-corrected chi connectivity index (χ3v) is 3.32. The lowest BCUT2D eigenvalue weighted by Gasteiger charge is -2.27. The van der Waals surface area contributed by atoms with Crippen molar-refractivity contribution in [1.82, 2.24) is 4.90 Å². The zero-order valence-corrected chi connectivity index (χ0v) is 8.23. The van der Waals surface area contributed by atoms with Gasteiger partial charge in [-0.2, -0.15) is 0 Å². The first kappa shape index (κ1) is 9.19. The molecule has 1 heterocycles. The average molecular weight is 183 g/mol. The second kappa shape index (κ2) is 3.08. The fraction of sp³-hybridized carbons (Fsp3) is 0.800. The van der Waals surface area contributed by atoms with Crippen LogP contribution in [-0.2, 0) is 4.74 Å². The zero-order valence-electron chi connectivity index (χ0n) is 8.23. The van der Waals surface area contributed by atoms with Gasteiger partial charge in [0.25, 0.3) is 0 Å². The number of aliphatic hydroxyl groups is 1. The van der Waals surface area contributed by atoms with E-state index in [1.54, 1.807) is 7.11 Å². The summed E-state index contributed by atoms with van der Waals surface area (Å²) in [5, 5.41) is 8.81. The lowest BCUT2D eigenvalue weighted by atomic mass is 9.96. The Morgan fingerprint density at radius 2 is 2.38 bits per heavy atom. The van der Waals surface area contributed by atoms with Gasteiger partial charge in [-0.05, 0) is 19.9 Å². The first-order valence-corrected chi connectivity index (χ1v) is 4.82. The molecule has 0 bridgehead atoms. The van der Waals surface area contributed by atoms with Gasteiger partial charge in [0.1, 0.15) is 5.60 Å². The summed E-state index contributed by atoms with van der Waals surface area (Å²) in [5.74, 6) is 0. The minimum Gasteiger partial charge on any atom is -0.396 e. The molecular weight excluding hydrogens is 166 g/mol. The zero-order chi connectivity index (χ0) is 9.47. The maximum absolute atomic E-state index is 8.81. The van der Waals surface area contributed by atoms with Crippen molar-refractivity contribution >= 4 is 0 Å². The van der Waals surface area contributed by atoms with Gasteiger partial charge in [0.05, 0.1) is 6.04 Å². The Morgan fingerprint density at radius 3 is 2.85 bits per heavy atom. The number of ether oxygens (including phenoxy) is 1. The molecule has 1 aliphatic heterocycles. The van der Waals surface area contributed by atoms with Crippen molar-refractivity contribution in [2.75, 3.05) is 20.8 Å². The molecule has 13 heavy (non-hydrogen) atoms. The number of hydrogen-bond acceptors (Lipinski definition) is 3. The van der Waals surface area contributed by atoms with Crippen molar-refractivity contribution in [3.05, 3.63) is 12.2 Å². The molecule has 1 aliphatic carbocycles. The highest BCUT2D eigenvalue weighted by molar-refractivity contribution is 5.33. The van der Waals surface area contributed by atoms with Crippen LogP contribution in [0.1, 0.15) is 12.8 Å². The summed E-state index contributed by atoms with van der Waals surface area (Å²) in [4.78, 5) is 2.31. The molecule has 3 heteroatoms. The molecule has 1 fully saturated rings. The van der Waals surface area contributed by atoms with Crippen LogP contribution in [0.4, 0.5) is 0 Å². The predicted molar refractivity (Wildman–Crippen MR) is 50.5 cm³/mol. The van der Waals surface area contributed by atoms with E-state index >= 15 is 0 Å². The van der Waals surface area contributed by atoms with E-state index in [0.29, 0.717) is 12.1 Å². The summed E-state index contributed by atoms with van der Waals surface area (Å²) in [7, 11) is 3.88. The van der Waals surface area contributed by atoms with Gasteiger partial charge in [-0.15, -0.1) is 0 Å². The highest BCUT2D eigenvalue weighted by Gasteiger charge is 2.59. The highest BCUT2D eigenvalue weighted by atomic mass is 16.5. The van der Waals surface area contributed by atoms with E-state index in [-0.39, 0.29) is 12.2 Å². The molecule has 0 radical (unpaired) electrons. The van der Waals surface area contributed by atoms with E-state index < -0.39 is 0 Å². The van der Waals surface area contributed by atoms with Gasteiger partial charge in [0.15, 0.2) is 0 Å². The topological polar surface area (TPSA) is 32.5 Å². The first-order chi connectivity index (χ1) is 6.25. The Bertz CT molecular complexity index is 229. The monoisotopic (exact) mass is 183 g/mol. The summed E-state index contributed by atoms with van der Waals surface area (Å²) in [6.45, 7) is 0.250. The summed E-state index contributed by atoms with van der Waals surface area (Å²) >= 11 is 0. The molecular formula is C10H17NO2. The van der Waals surface area contributed by atoms with Crippen molar-refractivity contribution in [2.45, 2.75) is 30.5 Å². The van der Waals surface area contributed by atoms with Gasteiger partial charge in [-0.25, -0.2) is 0 Å². The third-order valence-electron chi connectivity index (χ3n) is 3.32. The molecule has 1 N–H and O–H groups in total. The summed E-state index contributed by atoms with van der Waals surface area (Å²) in [6, 6.07) is 1.10. The third kappa shape index (κ3) is 1.23. The van der Waals surface area contributed by atoms with Crippen LogP contribution in [0, 0.1) is 0 Å². The smallest absolute Gasteiger partial charge is 0.103 e. The predicted octanol–water partition coefficient (Wildman–Crippen LogP) is 0.396. The van der Waals surface area contributed by atoms with Crippen LogP contribution < -0.4 is 0 Å². The van der Waals surface area contributed by atoms with Crippen molar-refractivity contribution in [3.8, 4) is 0 Å². The number of likely N-dealkylation sites (N-methyl/N-ethyl adjacent to an activating group) is 1. The van der Waals surface area contributed by atoms with Crippen LogP contribution >= 0.6 is 0 Å². The van der Waals surface area contributed by atoms with Gasteiger partial charge >= 0.3 is 0 Å². The molecule has 0 aromatic carbocycles. The van der Waals surface area contributed by atoms with Gasteiger partial charge in [0.2, 0.25) is 0 Å². The summed E-state index contributed by atoms with van der Waals surface area (Å²) in [5.41, 5.74) is -0.123. The number of fused-ring (bicyclic) bond motifs is 1. The molecule has 0 amide bonds. The molecule has 0 saturated carbocycles. The SMILES string of the molecule is CO[C@]1(CCCO)C=C[C@@H]2[C@H]1N2C. The maximum atomic E-state index is 8.81. The van der Waals surface area contributed by atoms with E-state index in [2.05, 4.69) is 24.1 Å². The lowest BCUT2D eigenvalue weighted by Crippen LogP contribution is -2.36. The van der Waals surface area contributed by atoms with Crippen LogP contribution in [-0.4, -0.2) is 48.5 Å². The minimum absolute atomic E-state index is 0.123. The summed E-state index contributed by atoms with van der Waals surface area (Å²) < 4.78 is 5.59. The van der Waals surface area contributed by atoms with Crippen LogP contribution in [0.3, 0.4) is 0 Å². The van der Waals surface area contributed by atoms with Crippen molar-refractivity contribution in [3.63, 3.8) is 0 Å². The van der Waals surface area contributed by atoms with Gasteiger partial charge in [-0.1, -0.05) is 12.2 Å². The molecule has 0 aromatic rings. The Morgan fingerprint density at radius 1 is 1.62 bits per heavy atom. The van der Waals surface area contributed by atoms with Crippen LogP contribution in [0.25, 0.3) is 0 Å². The van der Waals surface area contributed by atoms with Crippen LogP contribution in [0.15, 0.2) is 12.2 Å². The second-order valence-corrected chi connectivity index (χ2v) is 3.95. The number of methoxy groups -OCH3 is 1. The Labute approximate surface area is 79.0 Å². The Kier molecular flexibility index (Phi) is 2.18. The van der Waals surface area contributed by atoms with Gasteiger partial charge in [0, 0.05) is 19.8 Å². The Hall–Kier alpha value is -0.380. The quantitative estimate of drug-likeness (QED) is 0.505. The molecule has 2 aliphatic rings. The number of rotatable bonds is 4. The fourth-order valence-electron chi connectivity index (χ4n) is 2.48. The molecule has 4 atom stereocenters. The molecule has 2 rings (SSSR count). The normalized spacial score (nSPS) is 46.5. The number of hydrogen-bond donors (Lipinski definition) is 1.